The second-order valence-electron chi connectivity index (χ2n) is 6.92. The number of rotatable bonds is 6. The molecule has 0 bridgehead atoms. The van der Waals surface area contributed by atoms with Gasteiger partial charge in [-0.15, -0.1) is 0 Å². The van der Waals surface area contributed by atoms with Gasteiger partial charge >= 0.3 is 6.03 Å². The van der Waals surface area contributed by atoms with Crippen LogP contribution in [0, 0.1) is 11.7 Å². The van der Waals surface area contributed by atoms with Crippen molar-refractivity contribution in [3.63, 3.8) is 0 Å². The first-order valence-electron chi connectivity index (χ1n) is 9.01. The van der Waals surface area contributed by atoms with Gasteiger partial charge in [0.05, 0.1) is 24.2 Å². The number of aliphatic hydroxyl groups excluding tert-OH is 1. The molecule has 1 aromatic heterocycles. The van der Waals surface area contributed by atoms with Crippen LogP contribution in [0.5, 0.6) is 0 Å². The molecule has 8 heteroatoms. The third-order valence-electron chi connectivity index (χ3n) is 4.79. The highest BCUT2D eigenvalue weighted by Crippen LogP contribution is 2.16. The fraction of sp³-hybridized carbons (Fsp3) is 0.556. The Morgan fingerprint density at radius 3 is 3.19 bits per heavy atom. The number of aromatic nitrogens is 2. The number of fused-ring (bicyclic) bond motifs is 1. The Morgan fingerprint density at radius 2 is 2.38 bits per heavy atom. The predicted octanol–water partition coefficient (Wildman–Crippen LogP) is 1.55. The molecule has 0 unspecified atom stereocenters. The average molecular weight is 363 g/mol. The Kier molecular flexibility index (Phi) is 6.05. The Morgan fingerprint density at radius 1 is 1.54 bits per heavy atom. The fourth-order valence-corrected chi connectivity index (χ4v) is 3.44. The molecule has 1 aromatic carbocycles. The van der Waals surface area contributed by atoms with Crippen LogP contribution in [0.4, 0.5) is 9.18 Å². The van der Waals surface area contributed by atoms with Crippen LogP contribution in [0.2, 0.25) is 0 Å². The molecule has 2 aromatic rings. The van der Waals surface area contributed by atoms with Gasteiger partial charge in [-0.2, -0.15) is 0 Å². The van der Waals surface area contributed by atoms with Crippen molar-refractivity contribution in [1.82, 2.24) is 25.1 Å². The highest BCUT2D eigenvalue weighted by atomic mass is 19.1. The number of halogens is 1. The van der Waals surface area contributed by atoms with Gasteiger partial charge in [-0.05, 0) is 43.5 Å². The van der Waals surface area contributed by atoms with Gasteiger partial charge in [0, 0.05) is 26.7 Å². The molecule has 3 N–H and O–H groups in total. The normalized spacial score (nSPS) is 18.2. The summed E-state index contributed by atoms with van der Waals surface area (Å²) < 4.78 is 13.3. The van der Waals surface area contributed by atoms with Crippen molar-refractivity contribution in [2.75, 3.05) is 39.8 Å². The number of nitrogens with zero attached hydrogens (tertiary/aromatic N) is 3. The number of benzene rings is 1. The van der Waals surface area contributed by atoms with E-state index in [1.54, 1.807) is 18.0 Å². The van der Waals surface area contributed by atoms with Crippen molar-refractivity contribution in [2.24, 2.45) is 5.92 Å². The summed E-state index contributed by atoms with van der Waals surface area (Å²) in [5.74, 6) is 0.707. The number of aliphatic hydroxyl groups is 1. The third-order valence-corrected chi connectivity index (χ3v) is 4.79. The maximum absolute atomic E-state index is 13.3. The van der Waals surface area contributed by atoms with Gasteiger partial charge in [0.2, 0.25) is 0 Å². The van der Waals surface area contributed by atoms with Gasteiger partial charge < -0.3 is 25.2 Å². The number of β-amino-alcohol motifs (C(OH)–C–C–N with tert-alkyl or cyclic N) is 1. The number of piperidine rings is 1. The molecular weight excluding hydrogens is 337 g/mol. The molecular formula is C18H26FN5O2. The van der Waals surface area contributed by atoms with Gasteiger partial charge in [-0.3, -0.25) is 0 Å². The molecule has 1 aliphatic heterocycles. The lowest BCUT2D eigenvalue weighted by molar-refractivity contribution is 0.137. The van der Waals surface area contributed by atoms with Crippen LogP contribution in [0.3, 0.4) is 0 Å². The summed E-state index contributed by atoms with van der Waals surface area (Å²) in [7, 11) is 1.71. The van der Waals surface area contributed by atoms with E-state index < -0.39 is 0 Å². The molecule has 3 rings (SSSR count). The monoisotopic (exact) mass is 363 g/mol. The summed E-state index contributed by atoms with van der Waals surface area (Å²) in [6.07, 6.45) is 2.17. The number of aromatic amines is 1. The molecule has 0 aliphatic carbocycles. The van der Waals surface area contributed by atoms with E-state index in [0.717, 1.165) is 25.9 Å². The van der Waals surface area contributed by atoms with Crippen molar-refractivity contribution in [2.45, 2.75) is 19.4 Å². The number of urea groups is 1. The van der Waals surface area contributed by atoms with Gasteiger partial charge in [0.15, 0.2) is 0 Å². The van der Waals surface area contributed by atoms with Crippen molar-refractivity contribution in [1.29, 1.82) is 0 Å². The van der Waals surface area contributed by atoms with Crippen LogP contribution in [-0.4, -0.2) is 70.7 Å². The Labute approximate surface area is 152 Å². The van der Waals surface area contributed by atoms with Crippen LogP contribution in [0.15, 0.2) is 18.2 Å². The van der Waals surface area contributed by atoms with Crippen molar-refractivity contribution in [3.05, 3.63) is 29.8 Å². The summed E-state index contributed by atoms with van der Waals surface area (Å²) in [6, 6.07) is 4.23. The first-order valence-corrected chi connectivity index (χ1v) is 9.01. The molecule has 1 aliphatic rings. The number of carbonyl (C=O) groups excluding carboxylic acids is 1. The van der Waals surface area contributed by atoms with Crippen molar-refractivity contribution >= 4 is 17.1 Å². The lowest BCUT2D eigenvalue weighted by atomic mass is 9.98. The Balaban J connectivity index is 1.49. The summed E-state index contributed by atoms with van der Waals surface area (Å²) in [5.41, 5.74) is 1.31. The number of amides is 2. The highest BCUT2D eigenvalue weighted by molar-refractivity contribution is 5.76. The Bertz CT molecular complexity index is 748. The quantitative estimate of drug-likeness (QED) is 0.727. The molecule has 0 spiro atoms. The van der Waals surface area contributed by atoms with Crippen LogP contribution in [0.1, 0.15) is 18.7 Å². The van der Waals surface area contributed by atoms with E-state index in [4.69, 9.17) is 5.11 Å². The number of carbonyl (C=O) groups is 1. The minimum Gasteiger partial charge on any atom is -0.395 e. The number of likely N-dealkylation sites (tertiary alicyclic amines) is 1. The molecule has 0 saturated carbocycles. The second-order valence-corrected chi connectivity index (χ2v) is 6.92. The smallest absolute Gasteiger partial charge is 0.317 e. The number of H-pyrrole nitrogens is 1. The maximum atomic E-state index is 13.3. The summed E-state index contributed by atoms with van der Waals surface area (Å²) in [4.78, 5) is 23.5. The van der Waals surface area contributed by atoms with Gasteiger partial charge in [-0.1, -0.05) is 0 Å². The van der Waals surface area contributed by atoms with Crippen LogP contribution in [-0.2, 0) is 6.54 Å². The lowest BCUT2D eigenvalue weighted by Crippen LogP contribution is -2.44. The first-order chi connectivity index (χ1) is 12.5. The molecule has 1 atom stereocenters. The van der Waals surface area contributed by atoms with E-state index in [1.807, 2.05) is 0 Å². The van der Waals surface area contributed by atoms with Crippen LogP contribution >= 0.6 is 0 Å². The minimum absolute atomic E-state index is 0.157. The van der Waals surface area contributed by atoms with Gasteiger partial charge in [-0.25, -0.2) is 14.2 Å². The van der Waals surface area contributed by atoms with Crippen LogP contribution < -0.4 is 5.32 Å². The van der Waals surface area contributed by atoms with Crippen molar-refractivity contribution in [3.8, 4) is 0 Å². The number of nitrogens with one attached hydrogen (secondary N) is 2. The largest absolute Gasteiger partial charge is 0.395 e. The molecule has 1 saturated heterocycles. The Hall–Kier alpha value is -2.19. The highest BCUT2D eigenvalue weighted by Gasteiger charge is 2.20. The predicted molar refractivity (Wildman–Crippen MR) is 97.2 cm³/mol. The average Bonchev–Trinajstić information content (AvgIpc) is 3.01. The number of imidazole rings is 1. The molecule has 2 amide bonds. The number of hydrogen-bond acceptors (Lipinski definition) is 4. The van der Waals surface area contributed by atoms with E-state index in [9.17, 15) is 9.18 Å². The van der Waals surface area contributed by atoms with Gasteiger partial charge in [0.1, 0.15) is 11.6 Å². The fourth-order valence-electron chi connectivity index (χ4n) is 3.44. The minimum atomic E-state index is -0.318. The zero-order valence-corrected chi connectivity index (χ0v) is 15.0. The van der Waals surface area contributed by atoms with Crippen LogP contribution in [0.25, 0.3) is 11.0 Å². The maximum Gasteiger partial charge on any atom is 0.317 e. The third kappa shape index (κ3) is 4.70. The van der Waals surface area contributed by atoms with E-state index in [1.165, 1.54) is 12.1 Å². The molecule has 1 fully saturated rings. The van der Waals surface area contributed by atoms with E-state index in [-0.39, 0.29) is 18.5 Å². The van der Waals surface area contributed by atoms with Gasteiger partial charge in [0.25, 0.3) is 0 Å². The molecule has 142 valence electrons. The standard InChI is InChI=1S/C18H26FN5O2/c1-23(12-17-21-15-5-4-14(19)9-16(15)22-17)18(26)20-10-13-3-2-6-24(11-13)7-8-25/h4-5,9,13,25H,2-3,6-8,10-12H2,1H3,(H,20,26)(H,21,22)/t13-/m0/s1. The lowest BCUT2D eigenvalue weighted by Gasteiger charge is -2.32. The SMILES string of the molecule is CN(Cc1nc2ccc(F)cc2[nH]1)C(=O)NC[C@@H]1CCCN(CCO)C1. The summed E-state index contributed by atoms with van der Waals surface area (Å²) in [5, 5.41) is 12.0. The van der Waals surface area contributed by atoms with E-state index in [0.29, 0.717) is 42.4 Å². The molecule has 7 nitrogen and oxygen atoms in total. The zero-order chi connectivity index (χ0) is 18.5. The first kappa shape index (κ1) is 18.6. The van der Waals surface area contributed by atoms with Crippen molar-refractivity contribution < 1.29 is 14.3 Å². The summed E-state index contributed by atoms with van der Waals surface area (Å²) >= 11 is 0. The number of hydrogen-bond donors (Lipinski definition) is 3. The molecule has 26 heavy (non-hydrogen) atoms. The molecule has 2 heterocycles. The van der Waals surface area contributed by atoms with E-state index >= 15 is 0 Å². The summed E-state index contributed by atoms with van der Waals surface area (Å²) in [6.45, 7) is 3.72. The second kappa shape index (κ2) is 8.46. The molecule has 0 radical (unpaired) electrons. The topological polar surface area (TPSA) is 84.5 Å². The van der Waals surface area contributed by atoms with E-state index in [2.05, 4.69) is 20.2 Å². The zero-order valence-electron chi connectivity index (χ0n) is 15.0.